The van der Waals surface area contributed by atoms with Gasteiger partial charge in [-0.2, -0.15) is 0 Å². The highest BCUT2D eigenvalue weighted by atomic mass is 16.5. The Morgan fingerprint density at radius 3 is 2.78 bits per heavy atom. The summed E-state index contributed by atoms with van der Waals surface area (Å²) in [5.41, 5.74) is 6.16. The Kier molecular flexibility index (Phi) is 5.35. The van der Waals surface area contributed by atoms with Gasteiger partial charge in [0.15, 0.2) is 5.82 Å². The van der Waals surface area contributed by atoms with Gasteiger partial charge in [0, 0.05) is 41.3 Å². The third-order valence-electron chi connectivity index (χ3n) is 5.88. The molecule has 2 aromatic heterocycles. The van der Waals surface area contributed by atoms with E-state index in [-0.39, 0.29) is 12.0 Å². The van der Waals surface area contributed by atoms with E-state index in [4.69, 9.17) is 4.74 Å². The SMILES string of the molecule is Cc1cc(C)nc(-c2cccc3c2O[C@@H](CNC(=O)CCc2c[nH]c4ccccc24)C3)n1. The Labute approximate surface area is 187 Å². The van der Waals surface area contributed by atoms with Gasteiger partial charge in [-0.3, -0.25) is 4.79 Å². The van der Waals surface area contributed by atoms with Crippen LogP contribution >= 0.6 is 0 Å². The molecule has 5 rings (SSSR count). The smallest absolute Gasteiger partial charge is 0.220 e. The van der Waals surface area contributed by atoms with Crippen molar-refractivity contribution in [2.75, 3.05) is 6.54 Å². The van der Waals surface area contributed by atoms with Crippen LogP contribution in [0, 0.1) is 13.8 Å². The number of carbonyl (C=O) groups is 1. The molecular weight excluding hydrogens is 400 g/mol. The predicted molar refractivity (Wildman–Crippen MR) is 125 cm³/mol. The predicted octanol–water partition coefficient (Wildman–Crippen LogP) is 4.29. The number of amides is 1. The molecule has 0 saturated carbocycles. The molecule has 0 saturated heterocycles. The van der Waals surface area contributed by atoms with Gasteiger partial charge < -0.3 is 15.0 Å². The molecule has 32 heavy (non-hydrogen) atoms. The summed E-state index contributed by atoms with van der Waals surface area (Å²) in [6.45, 7) is 4.42. The van der Waals surface area contributed by atoms with Crippen molar-refractivity contribution in [3.63, 3.8) is 0 Å². The highest BCUT2D eigenvalue weighted by Gasteiger charge is 2.27. The van der Waals surface area contributed by atoms with Crippen LogP contribution in [0.3, 0.4) is 0 Å². The Morgan fingerprint density at radius 1 is 1.12 bits per heavy atom. The maximum Gasteiger partial charge on any atom is 0.220 e. The summed E-state index contributed by atoms with van der Waals surface area (Å²) in [7, 11) is 0. The molecule has 1 amide bonds. The molecule has 1 aliphatic heterocycles. The van der Waals surface area contributed by atoms with Gasteiger partial charge in [-0.25, -0.2) is 9.97 Å². The van der Waals surface area contributed by atoms with E-state index in [9.17, 15) is 4.79 Å². The number of nitrogens with one attached hydrogen (secondary N) is 2. The average Bonchev–Trinajstić information content (AvgIpc) is 3.39. The second-order valence-electron chi connectivity index (χ2n) is 8.38. The van der Waals surface area contributed by atoms with Crippen LogP contribution in [-0.4, -0.2) is 33.5 Å². The minimum atomic E-state index is -0.0888. The largest absolute Gasteiger partial charge is 0.487 e. The number of benzene rings is 2. The molecule has 162 valence electrons. The standard InChI is InChI=1S/C26H26N4O2/c1-16-12-17(2)30-26(29-16)22-8-5-6-18-13-20(32-25(18)22)15-28-24(31)11-10-19-14-27-23-9-4-3-7-21(19)23/h3-9,12,14,20,27H,10-11,13,15H2,1-2H3,(H,28,31)/t20-/m1/s1. The molecule has 4 aromatic rings. The van der Waals surface area contributed by atoms with Crippen LogP contribution < -0.4 is 10.1 Å². The van der Waals surface area contributed by atoms with Crippen LogP contribution in [-0.2, 0) is 17.6 Å². The van der Waals surface area contributed by atoms with Crippen molar-refractivity contribution in [1.82, 2.24) is 20.3 Å². The lowest BCUT2D eigenvalue weighted by Crippen LogP contribution is -2.34. The van der Waals surface area contributed by atoms with Gasteiger partial charge in [-0.1, -0.05) is 30.3 Å². The lowest BCUT2D eigenvalue weighted by atomic mass is 10.1. The van der Waals surface area contributed by atoms with E-state index < -0.39 is 0 Å². The average molecular weight is 427 g/mol. The molecular formula is C26H26N4O2. The summed E-state index contributed by atoms with van der Waals surface area (Å²) in [5.74, 6) is 1.55. The number of rotatable bonds is 6. The molecule has 6 heteroatoms. The Bertz CT molecular complexity index is 1270. The van der Waals surface area contributed by atoms with Gasteiger partial charge in [-0.15, -0.1) is 0 Å². The van der Waals surface area contributed by atoms with Crippen LogP contribution in [0.2, 0.25) is 0 Å². The van der Waals surface area contributed by atoms with Crippen LogP contribution in [0.5, 0.6) is 5.75 Å². The molecule has 3 heterocycles. The fraction of sp³-hybridized carbons (Fsp3) is 0.269. The molecule has 2 N–H and O–H groups in total. The summed E-state index contributed by atoms with van der Waals surface area (Å²) in [6.07, 6.45) is 3.81. The number of para-hydroxylation sites is 2. The minimum Gasteiger partial charge on any atom is -0.487 e. The zero-order valence-corrected chi connectivity index (χ0v) is 18.3. The molecule has 0 unspecified atom stereocenters. The van der Waals surface area contributed by atoms with Gasteiger partial charge in [0.25, 0.3) is 0 Å². The lowest BCUT2D eigenvalue weighted by molar-refractivity contribution is -0.121. The normalized spacial score (nSPS) is 14.9. The number of fused-ring (bicyclic) bond motifs is 2. The zero-order chi connectivity index (χ0) is 22.1. The monoisotopic (exact) mass is 426 g/mol. The highest BCUT2D eigenvalue weighted by molar-refractivity contribution is 5.84. The summed E-state index contributed by atoms with van der Waals surface area (Å²) in [5, 5.41) is 4.22. The van der Waals surface area contributed by atoms with Gasteiger partial charge in [0.1, 0.15) is 11.9 Å². The van der Waals surface area contributed by atoms with Gasteiger partial charge in [-0.05, 0) is 49.6 Å². The summed E-state index contributed by atoms with van der Waals surface area (Å²) in [4.78, 5) is 24.9. The van der Waals surface area contributed by atoms with Crippen molar-refractivity contribution in [3.05, 3.63) is 77.2 Å². The van der Waals surface area contributed by atoms with E-state index in [1.54, 1.807) is 0 Å². The van der Waals surface area contributed by atoms with Crippen molar-refractivity contribution in [3.8, 4) is 17.1 Å². The van der Waals surface area contributed by atoms with Crippen molar-refractivity contribution in [2.45, 2.75) is 39.2 Å². The van der Waals surface area contributed by atoms with E-state index in [1.807, 2.05) is 56.4 Å². The lowest BCUT2D eigenvalue weighted by Gasteiger charge is -2.13. The van der Waals surface area contributed by atoms with Crippen LogP contribution in [0.4, 0.5) is 0 Å². The second kappa shape index (κ2) is 8.46. The maximum absolute atomic E-state index is 12.5. The summed E-state index contributed by atoms with van der Waals surface area (Å²) >= 11 is 0. The van der Waals surface area contributed by atoms with Crippen LogP contribution in [0.1, 0.15) is 28.9 Å². The molecule has 1 atom stereocenters. The molecule has 2 aromatic carbocycles. The molecule has 1 aliphatic rings. The first kappa shape index (κ1) is 20.2. The number of H-pyrrole nitrogens is 1. The van der Waals surface area contributed by atoms with E-state index in [1.165, 1.54) is 10.9 Å². The third kappa shape index (κ3) is 4.08. The van der Waals surface area contributed by atoms with Crippen LogP contribution in [0.25, 0.3) is 22.3 Å². The van der Waals surface area contributed by atoms with Crippen LogP contribution in [0.15, 0.2) is 54.7 Å². The van der Waals surface area contributed by atoms with E-state index in [0.29, 0.717) is 25.2 Å². The summed E-state index contributed by atoms with van der Waals surface area (Å²) in [6, 6.07) is 16.2. The first-order valence-corrected chi connectivity index (χ1v) is 11.0. The third-order valence-corrected chi connectivity index (χ3v) is 5.88. The number of aryl methyl sites for hydroxylation is 3. The van der Waals surface area contributed by atoms with Crippen molar-refractivity contribution in [1.29, 1.82) is 0 Å². The van der Waals surface area contributed by atoms with Crippen molar-refractivity contribution < 1.29 is 9.53 Å². The van der Waals surface area contributed by atoms with Gasteiger partial charge >= 0.3 is 0 Å². The highest BCUT2D eigenvalue weighted by Crippen LogP contribution is 2.37. The summed E-state index contributed by atoms with van der Waals surface area (Å²) < 4.78 is 6.23. The van der Waals surface area contributed by atoms with E-state index in [0.717, 1.165) is 40.2 Å². The molecule has 0 bridgehead atoms. The number of aromatic nitrogens is 3. The molecule has 0 fully saturated rings. The molecule has 0 aliphatic carbocycles. The molecule has 6 nitrogen and oxygen atoms in total. The van der Waals surface area contributed by atoms with E-state index in [2.05, 4.69) is 32.4 Å². The molecule has 0 radical (unpaired) electrons. The number of hydrogen-bond donors (Lipinski definition) is 2. The molecule has 0 spiro atoms. The number of nitrogens with zero attached hydrogens (tertiary/aromatic N) is 2. The fourth-order valence-corrected chi connectivity index (χ4v) is 4.38. The number of aromatic amines is 1. The first-order chi connectivity index (χ1) is 15.6. The van der Waals surface area contributed by atoms with Crippen molar-refractivity contribution >= 4 is 16.8 Å². The minimum absolute atomic E-state index is 0.0349. The number of carbonyl (C=O) groups excluding carboxylic acids is 1. The van der Waals surface area contributed by atoms with Gasteiger partial charge in [0.05, 0.1) is 12.1 Å². The Morgan fingerprint density at radius 2 is 1.94 bits per heavy atom. The Hall–Kier alpha value is -3.67. The first-order valence-electron chi connectivity index (χ1n) is 11.0. The quantitative estimate of drug-likeness (QED) is 0.482. The van der Waals surface area contributed by atoms with Gasteiger partial charge in [0.2, 0.25) is 5.91 Å². The maximum atomic E-state index is 12.5. The second-order valence-corrected chi connectivity index (χ2v) is 8.38. The van der Waals surface area contributed by atoms with E-state index >= 15 is 0 Å². The van der Waals surface area contributed by atoms with Crippen molar-refractivity contribution in [2.24, 2.45) is 0 Å². The fourth-order valence-electron chi connectivity index (χ4n) is 4.38. The number of ether oxygens (including phenoxy) is 1. The topological polar surface area (TPSA) is 79.9 Å². The Balaban J connectivity index is 1.20. The number of hydrogen-bond acceptors (Lipinski definition) is 4. The zero-order valence-electron chi connectivity index (χ0n) is 18.3.